The third-order valence-corrected chi connectivity index (χ3v) is 3.20. The summed E-state index contributed by atoms with van der Waals surface area (Å²) in [5, 5.41) is 2.89. The van der Waals surface area contributed by atoms with Gasteiger partial charge < -0.3 is 15.8 Å². The van der Waals surface area contributed by atoms with Crippen molar-refractivity contribution in [2.75, 3.05) is 12.3 Å². The van der Waals surface area contributed by atoms with E-state index in [0.29, 0.717) is 11.4 Å². The van der Waals surface area contributed by atoms with Crippen molar-refractivity contribution < 1.29 is 9.53 Å². The quantitative estimate of drug-likeness (QED) is 0.789. The summed E-state index contributed by atoms with van der Waals surface area (Å²) in [4.78, 5) is 11.7. The van der Waals surface area contributed by atoms with Crippen LogP contribution in [0.5, 0.6) is 5.75 Å². The highest BCUT2D eigenvalue weighted by Gasteiger charge is 2.10. The number of rotatable bonds is 6. The SMILES string of the molecule is CCCC(C)NC(=O)COc1c(C)cc(Br)cc1N. The number of benzene rings is 1. The van der Waals surface area contributed by atoms with Crippen LogP contribution >= 0.6 is 15.9 Å². The summed E-state index contributed by atoms with van der Waals surface area (Å²) in [6, 6.07) is 3.84. The maximum atomic E-state index is 11.7. The normalized spacial score (nSPS) is 12.0. The van der Waals surface area contributed by atoms with E-state index in [4.69, 9.17) is 10.5 Å². The van der Waals surface area contributed by atoms with Crippen LogP contribution in [-0.2, 0) is 4.79 Å². The Morgan fingerprint density at radius 1 is 1.53 bits per heavy atom. The number of carbonyl (C=O) groups is 1. The second kappa shape index (κ2) is 7.38. The maximum Gasteiger partial charge on any atom is 0.258 e. The van der Waals surface area contributed by atoms with Gasteiger partial charge in [-0.25, -0.2) is 0 Å². The molecule has 0 saturated heterocycles. The molecule has 0 fully saturated rings. The van der Waals surface area contributed by atoms with E-state index in [1.54, 1.807) is 6.07 Å². The Labute approximate surface area is 122 Å². The van der Waals surface area contributed by atoms with Crippen molar-refractivity contribution in [1.82, 2.24) is 5.32 Å². The van der Waals surface area contributed by atoms with E-state index in [0.717, 1.165) is 22.9 Å². The lowest BCUT2D eigenvalue weighted by atomic mass is 10.2. The molecular weight excluding hydrogens is 308 g/mol. The summed E-state index contributed by atoms with van der Waals surface area (Å²) in [5.74, 6) is 0.448. The molecule has 0 spiro atoms. The van der Waals surface area contributed by atoms with E-state index in [1.165, 1.54) is 0 Å². The molecule has 0 aliphatic heterocycles. The van der Waals surface area contributed by atoms with E-state index in [-0.39, 0.29) is 18.6 Å². The predicted octanol–water partition coefficient (Wildman–Crippen LogP) is 3.02. The molecule has 0 aliphatic carbocycles. The fraction of sp³-hybridized carbons (Fsp3) is 0.500. The summed E-state index contributed by atoms with van der Waals surface area (Å²) in [6.07, 6.45) is 2.01. The maximum absolute atomic E-state index is 11.7. The van der Waals surface area contributed by atoms with Crippen LogP contribution in [0, 0.1) is 6.92 Å². The van der Waals surface area contributed by atoms with Gasteiger partial charge in [0.25, 0.3) is 5.91 Å². The molecule has 1 amide bonds. The van der Waals surface area contributed by atoms with Crippen LogP contribution in [0.4, 0.5) is 5.69 Å². The van der Waals surface area contributed by atoms with Gasteiger partial charge in [0.15, 0.2) is 6.61 Å². The molecule has 106 valence electrons. The molecule has 3 N–H and O–H groups in total. The topological polar surface area (TPSA) is 64.3 Å². The highest BCUT2D eigenvalue weighted by Crippen LogP contribution is 2.29. The van der Waals surface area contributed by atoms with Gasteiger partial charge in [-0.05, 0) is 38.0 Å². The summed E-state index contributed by atoms with van der Waals surface area (Å²) >= 11 is 3.36. The number of nitrogens with one attached hydrogen (secondary N) is 1. The number of hydrogen-bond acceptors (Lipinski definition) is 3. The first-order chi connectivity index (χ1) is 8.93. The number of aryl methyl sites for hydroxylation is 1. The molecule has 1 aromatic rings. The molecule has 0 heterocycles. The number of carbonyl (C=O) groups excluding carboxylic acids is 1. The minimum atomic E-state index is -0.123. The smallest absolute Gasteiger partial charge is 0.258 e. The van der Waals surface area contributed by atoms with Crippen LogP contribution in [0.1, 0.15) is 32.3 Å². The van der Waals surface area contributed by atoms with E-state index >= 15 is 0 Å². The number of halogens is 1. The lowest BCUT2D eigenvalue weighted by Crippen LogP contribution is -2.36. The molecule has 0 radical (unpaired) electrons. The van der Waals surface area contributed by atoms with Crippen LogP contribution in [-0.4, -0.2) is 18.6 Å². The number of hydrogen-bond donors (Lipinski definition) is 2. The van der Waals surface area contributed by atoms with Crippen LogP contribution in [0.3, 0.4) is 0 Å². The van der Waals surface area contributed by atoms with Gasteiger partial charge in [0, 0.05) is 10.5 Å². The van der Waals surface area contributed by atoms with Crippen molar-refractivity contribution in [3.63, 3.8) is 0 Å². The van der Waals surface area contributed by atoms with Gasteiger partial charge in [0.1, 0.15) is 5.75 Å². The fourth-order valence-corrected chi connectivity index (χ4v) is 2.50. The highest BCUT2D eigenvalue weighted by molar-refractivity contribution is 9.10. The van der Waals surface area contributed by atoms with Crippen molar-refractivity contribution in [3.8, 4) is 5.75 Å². The molecule has 1 aromatic carbocycles. The molecule has 0 aromatic heterocycles. The molecule has 5 heteroatoms. The first-order valence-corrected chi connectivity index (χ1v) is 7.21. The molecule has 19 heavy (non-hydrogen) atoms. The first kappa shape index (κ1) is 15.8. The largest absolute Gasteiger partial charge is 0.481 e. The third-order valence-electron chi connectivity index (χ3n) is 2.74. The number of ether oxygens (including phenoxy) is 1. The van der Waals surface area contributed by atoms with Crippen molar-refractivity contribution >= 4 is 27.5 Å². The molecule has 1 unspecified atom stereocenters. The van der Waals surface area contributed by atoms with Crippen LogP contribution in [0.25, 0.3) is 0 Å². The van der Waals surface area contributed by atoms with Gasteiger partial charge in [-0.15, -0.1) is 0 Å². The summed E-state index contributed by atoms with van der Waals surface area (Å²) < 4.78 is 6.40. The minimum Gasteiger partial charge on any atom is -0.481 e. The lowest BCUT2D eigenvalue weighted by Gasteiger charge is -2.15. The molecule has 4 nitrogen and oxygen atoms in total. The zero-order chi connectivity index (χ0) is 14.4. The van der Waals surface area contributed by atoms with E-state index in [2.05, 4.69) is 28.2 Å². The number of anilines is 1. The molecule has 1 atom stereocenters. The van der Waals surface area contributed by atoms with Crippen molar-refractivity contribution in [2.45, 2.75) is 39.7 Å². The number of nitrogens with two attached hydrogens (primary N) is 1. The first-order valence-electron chi connectivity index (χ1n) is 6.41. The molecule has 1 rings (SSSR count). The van der Waals surface area contributed by atoms with Gasteiger partial charge in [0.05, 0.1) is 5.69 Å². The number of nitrogen functional groups attached to an aromatic ring is 1. The second-order valence-electron chi connectivity index (χ2n) is 4.69. The predicted molar refractivity (Wildman–Crippen MR) is 81.3 cm³/mol. The van der Waals surface area contributed by atoms with Gasteiger partial charge in [0.2, 0.25) is 0 Å². The fourth-order valence-electron chi connectivity index (χ4n) is 1.91. The standard InChI is InChI=1S/C14H21BrN2O2/c1-4-5-10(3)17-13(18)8-19-14-9(2)6-11(15)7-12(14)16/h6-7,10H,4-5,8,16H2,1-3H3,(H,17,18). The van der Waals surface area contributed by atoms with Crippen LogP contribution in [0.2, 0.25) is 0 Å². The zero-order valence-corrected chi connectivity index (χ0v) is 13.2. The van der Waals surface area contributed by atoms with E-state index < -0.39 is 0 Å². The van der Waals surface area contributed by atoms with Crippen molar-refractivity contribution in [2.24, 2.45) is 0 Å². The van der Waals surface area contributed by atoms with Gasteiger partial charge in [-0.1, -0.05) is 29.3 Å². The monoisotopic (exact) mass is 328 g/mol. The molecule has 0 bridgehead atoms. The van der Waals surface area contributed by atoms with Crippen LogP contribution < -0.4 is 15.8 Å². The summed E-state index contributed by atoms with van der Waals surface area (Å²) in [5.41, 5.74) is 7.30. The van der Waals surface area contributed by atoms with Gasteiger partial charge in [-0.3, -0.25) is 4.79 Å². The van der Waals surface area contributed by atoms with Crippen molar-refractivity contribution in [1.29, 1.82) is 0 Å². The van der Waals surface area contributed by atoms with E-state index in [9.17, 15) is 4.79 Å². The number of amides is 1. The Morgan fingerprint density at radius 2 is 2.21 bits per heavy atom. The average Bonchev–Trinajstić information content (AvgIpc) is 2.27. The third kappa shape index (κ3) is 5.11. The van der Waals surface area contributed by atoms with Crippen LogP contribution in [0.15, 0.2) is 16.6 Å². The van der Waals surface area contributed by atoms with Crippen molar-refractivity contribution in [3.05, 3.63) is 22.2 Å². The molecule has 0 aliphatic rings. The molecular formula is C14H21BrN2O2. The Morgan fingerprint density at radius 3 is 2.79 bits per heavy atom. The Bertz CT molecular complexity index is 426. The lowest BCUT2D eigenvalue weighted by molar-refractivity contribution is -0.123. The second-order valence-corrected chi connectivity index (χ2v) is 5.60. The van der Waals surface area contributed by atoms with Gasteiger partial charge in [-0.2, -0.15) is 0 Å². The summed E-state index contributed by atoms with van der Waals surface area (Å²) in [6.45, 7) is 5.96. The average molecular weight is 329 g/mol. The Kier molecular flexibility index (Phi) is 6.15. The minimum absolute atomic E-state index is 0.0132. The molecule has 0 saturated carbocycles. The Balaban J connectivity index is 2.55. The highest BCUT2D eigenvalue weighted by atomic mass is 79.9. The summed E-state index contributed by atoms with van der Waals surface area (Å²) in [7, 11) is 0. The van der Waals surface area contributed by atoms with Gasteiger partial charge >= 0.3 is 0 Å². The zero-order valence-electron chi connectivity index (χ0n) is 11.6. The Hall–Kier alpha value is -1.23. The van der Waals surface area contributed by atoms with E-state index in [1.807, 2.05) is 19.9 Å².